The molecule has 2 rings (SSSR count). The van der Waals surface area contributed by atoms with Crippen molar-refractivity contribution in [1.29, 1.82) is 0 Å². The van der Waals surface area contributed by atoms with Gasteiger partial charge in [-0.1, -0.05) is 11.6 Å². The second-order valence-electron chi connectivity index (χ2n) is 4.23. The summed E-state index contributed by atoms with van der Waals surface area (Å²) < 4.78 is 25.9. The standard InChI is InChI=1S/C10H14ClN3O3S/c11-7-1-2-8(13)9(15)10(7)18(16,17)14-4-3-6(12)5-14/h1-2,6,15H,3-5,12-13H2/t6-/m1/s1. The lowest BCUT2D eigenvalue weighted by atomic mass is 10.3. The number of nitrogen functional groups attached to an aromatic ring is 1. The molecule has 1 heterocycles. The zero-order valence-electron chi connectivity index (χ0n) is 9.51. The van der Waals surface area contributed by atoms with E-state index in [9.17, 15) is 13.5 Å². The lowest BCUT2D eigenvalue weighted by Gasteiger charge is -2.18. The Hall–Kier alpha value is -1.02. The molecule has 18 heavy (non-hydrogen) atoms. The van der Waals surface area contributed by atoms with Gasteiger partial charge in [0.05, 0.1) is 10.7 Å². The van der Waals surface area contributed by atoms with E-state index in [-0.39, 0.29) is 28.2 Å². The average molecular weight is 292 g/mol. The monoisotopic (exact) mass is 291 g/mol. The number of benzene rings is 1. The van der Waals surface area contributed by atoms with E-state index in [2.05, 4.69) is 0 Å². The zero-order chi connectivity index (χ0) is 13.5. The predicted octanol–water partition coefficient (Wildman–Crippen LogP) is 0.350. The highest BCUT2D eigenvalue weighted by molar-refractivity contribution is 7.89. The van der Waals surface area contributed by atoms with Crippen LogP contribution >= 0.6 is 11.6 Å². The van der Waals surface area contributed by atoms with Gasteiger partial charge in [-0.15, -0.1) is 0 Å². The fourth-order valence-corrected chi connectivity index (χ4v) is 4.02. The van der Waals surface area contributed by atoms with Crippen molar-refractivity contribution in [3.8, 4) is 5.75 Å². The minimum atomic E-state index is -3.86. The molecule has 0 radical (unpaired) electrons. The molecule has 0 aliphatic carbocycles. The van der Waals surface area contributed by atoms with Crippen LogP contribution in [0.4, 0.5) is 5.69 Å². The highest BCUT2D eigenvalue weighted by atomic mass is 35.5. The summed E-state index contributed by atoms with van der Waals surface area (Å²) in [5.74, 6) is -0.511. The van der Waals surface area contributed by atoms with Crippen LogP contribution in [0.25, 0.3) is 0 Å². The first-order valence-corrected chi connectivity index (χ1v) is 7.18. The van der Waals surface area contributed by atoms with Gasteiger partial charge in [0.2, 0.25) is 10.0 Å². The lowest BCUT2D eigenvalue weighted by molar-refractivity contribution is 0.444. The number of phenols is 1. The summed E-state index contributed by atoms with van der Waals surface area (Å²) >= 11 is 5.85. The fourth-order valence-electron chi connectivity index (χ4n) is 1.91. The Bertz CT molecular complexity index is 576. The summed E-state index contributed by atoms with van der Waals surface area (Å²) in [6, 6.07) is 2.51. The smallest absolute Gasteiger partial charge is 0.248 e. The number of anilines is 1. The number of aromatic hydroxyl groups is 1. The van der Waals surface area contributed by atoms with Gasteiger partial charge in [0.1, 0.15) is 4.90 Å². The second kappa shape index (κ2) is 4.58. The SMILES string of the molecule is Nc1ccc(Cl)c(S(=O)(=O)N2CC[C@@H](N)C2)c1O. The maximum atomic E-state index is 12.3. The normalized spacial score (nSPS) is 21.3. The van der Waals surface area contributed by atoms with Gasteiger partial charge < -0.3 is 16.6 Å². The van der Waals surface area contributed by atoms with E-state index in [0.29, 0.717) is 13.0 Å². The number of hydrogen-bond donors (Lipinski definition) is 3. The van der Waals surface area contributed by atoms with Crippen molar-refractivity contribution in [2.45, 2.75) is 17.4 Å². The minimum Gasteiger partial charge on any atom is -0.504 e. The van der Waals surface area contributed by atoms with E-state index < -0.39 is 15.8 Å². The summed E-state index contributed by atoms with van der Waals surface area (Å²) in [5, 5.41) is 9.74. The molecule has 1 saturated heterocycles. The van der Waals surface area contributed by atoms with Gasteiger partial charge in [0.25, 0.3) is 0 Å². The van der Waals surface area contributed by atoms with E-state index in [1.807, 2.05) is 0 Å². The maximum Gasteiger partial charge on any atom is 0.248 e. The molecule has 0 saturated carbocycles. The van der Waals surface area contributed by atoms with Crippen molar-refractivity contribution in [3.05, 3.63) is 17.2 Å². The van der Waals surface area contributed by atoms with Crippen LogP contribution in [0.2, 0.25) is 5.02 Å². The van der Waals surface area contributed by atoms with Gasteiger partial charge in [-0.25, -0.2) is 8.42 Å². The molecular formula is C10H14ClN3O3S. The molecule has 1 fully saturated rings. The number of hydrogen-bond acceptors (Lipinski definition) is 5. The third-order valence-corrected chi connectivity index (χ3v) is 5.27. The van der Waals surface area contributed by atoms with Crippen molar-refractivity contribution in [2.75, 3.05) is 18.8 Å². The van der Waals surface area contributed by atoms with Crippen molar-refractivity contribution in [3.63, 3.8) is 0 Å². The minimum absolute atomic E-state index is 0.0264. The largest absolute Gasteiger partial charge is 0.504 e. The molecule has 1 atom stereocenters. The summed E-state index contributed by atoms with van der Waals surface area (Å²) in [7, 11) is -3.86. The van der Waals surface area contributed by atoms with Crippen LogP contribution in [0.15, 0.2) is 17.0 Å². The first-order valence-electron chi connectivity index (χ1n) is 5.36. The molecule has 5 N–H and O–H groups in total. The number of nitrogens with zero attached hydrogens (tertiary/aromatic N) is 1. The molecule has 1 aliphatic heterocycles. The van der Waals surface area contributed by atoms with E-state index in [1.165, 1.54) is 16.4 Å². The highest BCUT2D eigenvalue weighted by Crippen LogP contribution is 2.37. The van der Waals surface area contributed by atoms with Gasteiger partial charge >= 0.3 is 0 Å². The third kappa shape index (κ3) is 2.14. The molecule has 100 valence electrons. The van der Waals surface area contributed by atoms with Crippen LogP contribution in [-0.4, -0.2) is 37.0 Å². The van der Waals surface area contributed by atoms with Gasteiger partial charge in [0, 0.05) is 19.1 Å². The van der Waals surface area contributed by atoms with Gasteiger partial charge in [-0.05, 0) is 18.6 Å². The fraction of sp³-hybridized carbons (Fsp3) is 0.400. The van der Waals surface area contributed by atoms with Crippen molar-refractivity contribution < 1.29 is 13.5 Å². The predicted molar refractivity (Wildman–Crippen MR) is 68.9 cm³/mol. The molecule has 0 aromatic heterocycles. The van der Waals surface area contributed by atoms with Gasteiger partial charge in [0.15, 0.2) is 5.75 Å². The van der Waals surface area contributed by atoms with E-state index in [4.69, 9.17) is 23.1 Å². The van der Waals surface area contributed by atoms with Crippen LogP contribution in [0.5, 0.6) is 5.75 Å². The van der Waals surface area contributed by atoms with Gasteiger partial charge in [-0.3, -0.25) is 0 Å². The average Bonchev–Trinajstić information content (AvgIpc) is 2.71. The summed E-state index contributed by atoms with van der Waals surface area (Å²) in [6.07, 6.45) is 0.583. The van der Waals surface area contributed by atoms with Crippen molar-refractivity contribution in [2.24, 2.45) is 5.73 Å². The van der Waals surface area contributed by atoms with Crippen LogP contribution in [0, 0.1) is 0 Å². The van der Waals surface area contributed by atoms with Crippen molar-refractivity contribution >= 4 is 27.3 Å². The lowest BCUT2D eigenvalue weighted by Crippen LogP contribution is -2.32. The van der Waals surface area contributed by atoms with E-state index >= 15 is 0 Å². The van der Waals surface area contributed by atoms with Crippen molar-refractivity contribution in [1.82, 2.24) is 4.31 Å². The van der Waals surface area contributed by atoms with Crippen LogP contribution < -0.4 is 11.5 Å². The Balaban J connectivity index is 2.51. The summed E-state index contributed by atoms with van der Waals surface area (Å²) in [4.78, 5) is -0.349. The quantitative estimate of drug-likeness (QED) is 0.538. The molecule has 6 nitrogen and oxygen atoms in total. The Labute approximate surface area is 110 Å². The number of rotatable bonds is 2. The Morgan fingerprint density at radius 2 is 2.11 bits per heavy atom. The number of sulfonamides is 1. The maximum absolute atomic E-state index is 12.3. The highest BCUT2D eigenvalue weighted by Gasteiger charge is 2.34. The Morgan fingerprint density at radius 3 is 2.67 bits per heavy atom. The number of nitrogens with two attached hydrogens (primary N) is 2. The molecule has 0 unspecified atom stereocenters. The molecule has 1 aliphatic rings. The second-order valence-corrected chi connectivity index (χ2v) is 6.51. The Morgan fingerprint density at radius 1 is 1.44 bits per heavy atom. The number of phenolic OH excluding ortho intramolecular Hbond substituents is 1. The van der Waals surface area contributed by atoms with Crippen LogP contribution in [-0.2, 0) is 10.0 Å². The first-order chi connectivity index (χ1) is 8.34. The third-order valence-electron chi connectivity index (χ3n) is 2.90. The molecule has 0 amide bonds. The Kier molecular flexibility index (Phi) is 3.41. The number of halogens is 1. The van der Waals surface area contributed by atoms with Gasteiger partial charge in [-0.2, -0.15) is 4.31 Å². The molecule has 1 aromatic carbocycles. The zero-order valence-corrected chi connectivity index (χ0v) is 11.1. The van der Waals surface area contributed by atoms with Crippen LogP contribution in [0.3, 0.4) is 0 Å². The summed E-state index contributed by atoms with van der Waals surface area (Å²) in [6.45, 7) is 0.529. The molecule has 1 aromatic rings. The molecule has 0 spiro atoms. The molecular weight excluding hydrogens is 278 g/mol. The topological polar surface area (TPSA) is 110 Å². The van der Waals surface area contributed by atoms with Crippen LogP contribution in [0.1, 0.15) is 6.42 Å². The molecule has 8 heteroatoms. The van der Waals surface area contributed by atoms with E-state index in [0.717, 1.165) is 0 Å². The van der Waals surface area contributed by atoms with E-state index in [1.54, 1.807) is 0 Å². The molecule has 0 bridgehead atoms. The summed E-state index contributed by atoms with van der Waals surface area (Å²) in [5.41, 5.74) is 11.1. The first kappa shape index (κ1) is 13.4.